The van der Waals surface area contributed by atoms with E-state index in [1.54, 1.807) is 4.90 Å². The molecule has 0 aromatic heterocycles. The van der Waals surface area contributed by atoms with Gasteiger partial charge in [-0.05, 0) is 24.7 Å². The number of fused-ring (bicyclic) bond motifs is 1. The average molecular weight is 284 g/mol. The maximum absolute atomic E-state index is 12.2. The van der Waals surface area contributed by atoms with Crippen LogP contribution in [0.5, 0.6) is 0 Å². The minimum atomic E-state index is -1.06. The second kappa shape index (κ2) is 6.92. The number of carbonyl (C=O) groups is 2. The molecule has 3 atom stereocenters. The Kier molecular flexibility index (Phi) is 5.23. The quantitative estimate of drug-likeness (QED) is 0.816. The number of carbonyl (C=O) groups excluding carboxylic acids is 1. The number of nitrogens with zero attached hydrogens (tertiary/aromatic N) is 1. The lowest BCUT2D eigenvalue weighted by atomic mass is 9.75. The normalized spacial score (nSPS) is 27.6. The summed E-state index contributed by atoms with van der Waals surface area (Å²) in [6.45, 7) is 1.48. The van der Waals surface area contributed by atoms with Crippen LogP contribution in [0.15, 0.2) is 0 Å². The SMILES string of the molecule is COCC(NC(=O)N1CCC2CCCCC2C1)C(=O)O. The van der Waals surface area contributed by atoms with Crippen LogP contribution in [0.3, 0.4) is 0 Å². The van der Waals surface area contributed by atoms with Crippen LogP contribution in [0.1, 0.15) is 32.1 Å². The van der Waals surface area contributed by atoms with Crippen molar-refractivity contribution in [1.82, 2.24) is 10.2 Å². The van der Waals surface area contributed by atoms with E-state index >= 15 is 0 Å². The maximum Gasteiger partial charge on any atom is 0.328 e. The van der Waals surface area contributed by atoms with Gasteiger partial charge >= 0.3 is 12.0 Å². The van der Waals surface area contributed by atoms with Gasteiger partial charge in [0.2, 0.25) is 0 Å². The summed E-state index contributed by atoms with van der Waals surface area (Å²) in [5.41, 5.74) is 0. The molecule has 114 valence electrons. The van der Waals surface area contributed by atoms with E-state index in [0.29, 0.717) is 5.92 Å². The van der Waals surface area contributed by atoms with E-state index in [1.807, 2.05) is 0 Å². The fraction of sp³-hybridized carbons (Fsp3) is 0.857. The van der Waals surface area contributed by atoms with Gasteiger partial charge < -0.3 is 20.1 Å². The first kappa shape index (κ1) is 15.1. The van der Waals surface area contributed by atoms with E-state index in [9.17, 15) is 9.59 Å². The van der Waals surface area contributed by atoms with Gasteiger partial charge in [-0.25, -0.2) is 9.59 Å². The Morgan fingerprint density at radius 2 is 2.00 bits per heavy atom. The van der Waals surface area contributed by atoms with Crippen LogP contribution < -0.4 is 5.32 Å². The van der Waals surface area contributed by atoms with Gasteiger partial charge in [-0.2, -0.15) is 0 Å². The molecule has 20 heavy (non-hydrogen) atoms. The minimum absolute atomic E-state index is 0.0129. The average Bonchev–Trinajstić information content (AvgIpc) is 2.46. The summed E-state index contributed by atoms with van der Waals surface area (Å²) < 4.78 is 4.83. The zero-order valence-electron chi connectivity index (χ0n) is 12.0. The van der Waals surface area contributed by atoms with Gasteiger partial charge in [0.15, 0.2) is 6.04 Å². The number of nitrogens with one attached hydrogen (secondary N) is 1. The molecule has 0 aromatic carbocycles. The summed E-state index contributed by atoms with van der Waals surface area (Å²) in [6.07, 6.45) is 6.07. The minimum Gasteiger partial charge on any atom is -0.480 e. The highest BCUT2D eigenvalue weighted by atomic mass is 16.5. The Balaban J connectivity index is 1.87. The number of hydrogen-bond donors (Lipinski definition) is 2. The van der Waals surface area contributed by atoms with Crippen molar-refractivity contribution >= 4 is 12.0 Å². The number of carboxylic acid groups (broad SMARTS) is 1. The zero-order chi connectivity index (χ0) is 14.5. The molecule has 1 heterocycles. The smallest absolute Gasteiger partial charge is 0.328 e. The van der Waals surface area contributed by atoms with Gasteiger partial charge in [0.05, 0.1) is 6.61 Å². The fourth-order valence-electron chi connectivity index (χ4n) is 3.37. The molecule has 2 fully saturated rings. The van der Waals surface area contributed by atoms with Gasteiger partial charge in [-0.3, -0.25) is 0 Å². The van der Waals surface area contributed by atoms with E-state index in [1.165, 1.54) is 32.8 Å². The van der Waals surface area contributed by atoms with Crippen molar-refractivity contribution in [2.24, 2.45) is 11.8 Å². The largest absolute Gasteiger partial charge is 0.480 e. The summed E-state index contributed by atoms with van der Waals surface area (Å²) in [6, 6.07) is -1.25. The highest BCUT2D eigenvalue weighted by Gasteiger charge is 2.33. The second-order valence-corrected chi connectivity index (χ2v) is 5.83. The molecule has 2 N–H and O–H groups in total. The Morgan fingerprint density at radius 3 is 2.65 bits per heavy atom. The van der Waals surface area contributed by atoms with Crippen molar-refractivity contribution in [2.75, 3.05) is 26.8 Å². The third kappa shape index (κ3) is 3.62. The lowest BCUT2D eigenvalue weighted by Gasteiger charge is -2.41. The second-order valence-electron chi connectivity index (χ2n) is 5.83. The number of methoxy groups -OCH3 is 1. The van der Waals surface area contributed by atoms with Crippen LogP contribution in [-0.4, -0.2) is 54.9 Å². The number of ether oxygens (including phenoxy) is 1. The highest BCUT2D eigenvalue weighted by Crippen LogP contribution is 2.35. The van der Waals surface area contributed by atoms with E-state index in [2.05, 4.69) is 5.32 Å². The van der Waals surface area contributed by atoms with Crippen LogP contribution in [0.4, 0.5) is 4.79 Å². The van der Waals surface area contributed by atoms with Gasteiger partial charge in [0, 0.05) is 20.2 Å². The summed E-state index contributed by atoms with van der Waals surface area (Å²) >= 11 is 0. The number of amides is 2. The van der Waals surface area contributed by atoms with E-state index in [4.69, 9.17) is 9.84 Å². The summed E-state index contributed by atoms with van der Waals surface area (Å²) in [7, 11) is 1.43. The molecule has 3 unspecified atom stereocenters. The van der Waals surface area contributed by atoms with E-state index in [-0.39, 0.29) is 12.6 Å². The van der Waals surface area contributed by atoms with Crippen molar-refractivity contribution in [2.45, 2.75) is 38.1 Å². The predicted molar refractivity (Wildman–Crippen MR) is 73.5 cm³/mol. The number of likely N-dealkylation sites (tertiary alicyclic amines) is 1. The molecule has 2 aliphatic rings. The molecule has 6 nitrogen and oxygen atoms in total. The summed E-state index contributed by atoms with van der Waals surface area (Å²) in [5, 5.41) is 11.6. The number of carboxylic acids is 1. The highest BCUT2D eigenvalue weighted by molar-refractivity contribution is 5.82. The zero-order valence-corrected chi connectivity index (χ0v) is 12.0. The molecule has 2 amide bonds. The van der Waals surface area contributed by atoms with Crippen LogP contribution in [0.2, 0.25) is 0 Å². The van der Waals surface area contributed by atoms with Gasteiger partial charge in [-0.15, -0.1) is 0 Å². The van der Waals surface area contributed by atoms with Crippen molar-refractivity contribution in [3.05, 3.63) is 0 Å². The van der Waals surface area contributed by atoms with Crippen LogP contribution in [0, 0.1) is 11.8 Å². The van der Waals surface area contributed by atoms with E-state index < -0.39 is 12.0 Å². The van der Waals surface area contributed by atoms with Crippen molar-refractivity contribution in [1.29, 1.82) is 0 Å². The number of urea groups is 1. The molecule has 0 spiro atoms. The predicted octanol–water partition coefficient (Wildman–Crippen LogP) is 1.31. The first-order valence-corrected chi connectivity index (χ1v) is 7.39. The molecule has 6 heteroatoms. The Bertz CT molecular complexity index is 361. The van der Waals surface area contributed by atoms with Gasteiger partial charge in [0.25, 0.3) is 0 Å². The molecular formula is C14H24N2O4. The fourth-order valence-corrected chi connectivity index (χ4v) is 3.37. The molecule has 0 radical (unpaired) electrons. The van der Waals surface area contributed by atoms with Crippen molar-refractivity contribution < 1.29 is 19.4 Å². The Hall–Kier alpha value is -1.30. The lowest BCUT2D eigenvalue weighted by molar-refractivity contribution is -0.140. The van der Waals surface area contributed by atoms with Gasteiger partial charge in [0.1, 0.15) is 0 Å². The van der Waals surface area contributed by atoms with Crippen molar-refractivity contribution in [3.63, 3.8) is 0 Å². The molecule has 1 saturated carbocycles. The Labute approximate surface area is 119 Å². The molecule has 1 aliphatic carbocycles. The number of piperidine rings is 1. The molecular weight excluding hydrogens is 260 g/mol. The third-order valence-corrected chi connectivity index (χ3v) is 4.51. The van der Waals surface area contributed by atoms with Crippen LogP contribution in [0.25, 0.3) is 0 Å². The molecule has 0 bridgehead atoms. The molecule has 1 saturated heterocycles. The first-order valence-electron chi connectivity index (χ1n) is 7.39. The number of hydrogen-bond acceptors (Lipinski definition) is 3. The first-order chi connectivity index (χ1) is 9.61. The molecule has 0 aromatic rings. The van der Waals surface area contributed by atoms with Crippen LogP contribution >= 0.6 is 0 Å². The topological polar surface area (TPSA) is 78.9 Å². The number of rotatable bonds is 4. The van der Waals surface area contributed by atoms with Gasteiger partial charge in [-0.1, -0.05) is 19.3 Å². The monoisotopic (exact) mass is 284 g/mol. The summed E-state index contributed by atoms with van der Waals surface area (Å²) in [4.78, 5) is 24.9. The Morgan fingerprint density at radius 1 is 1.30 bits per heavy atom. The molecule has 1 aliphatic heterocycles. The summed E-state index contributed by atoms with van der Waals surface area (Å²) in [5.74, 6) is 0.281. The van der Waals surface area contributed by atoms with Crippen LogP contribution in [-0.2, 0) is 9.53 Å². The third-order valence-electron chi connectivity index (χ3n) is 4.51. The molecule has 2 rings (SSSR count). The van der Waals surface area contributed by atoms with E-state index in [0.717, 1.165) is 25.4 Å². The number of aliphatic carboxylic acids is 1. The lowest BCUT2D eigenvalue weighted by Crippen LogP contribution is -2.53. The maximum atomic E-state index is 12.2. The van der Waals surface area contributed by atoms with Crippen molar-refractivity contribution in [3.8, 4) is 0 Å². The standard InChI is InChI=1S/C14H24N2O4/c1-20-9-12(13(17)18)15-14(19)16-7-6-10-4-2-3-5-11(10)8-16/h10-12H,2-9H2,1H3,(H,15,19)(H,17,18).